The van der Waals surface area contributed by atoms with Crippen LogP contribution in [-0.2, 0) is 11.0 Å². The fraction of sp³-hybridized carbons (Fsp3) is 0.286. The van der Waals surface area contributed by atoms with Crippen LogP contribution in [0.25, 0.3) is 11.4 Å². The quantitative estimate of drug-likeness (QED) is 0.597. The Balaban J connectivity index is 1.57. The summed E-state index contributed by atoms with van der Waals surface area (Å²) in [6, 6.07) is 9.80. The Kier molecular flexibility index (Phi) is 5.30. The third kappa shape index (κ3) is 4.18. The Morgan fingerprint density at radius 1 is 1.10 bits per heavy atom. The summed E-state index contributed by atoms with van der Waals surface area (Å²) < 4.78 is 54.9. The van der Waals surface area contributed by atoms with Crippen molar-refractivity contribution in [2.45, 2.75) is 18.5 Å². The molecule has 1 aliphatic heterocycles. The molecule has 0 N–H and O–H groups in total. The number of aromatic nitrogens is 2. The maximum absolute atomic E-state index is 13.0. The number of alkyl halides is 3. The van der Waals surface area contributed by atoms with E-state index >= 15 is 0 Å². The molecular weight excluding hydrogens is 415 g/mol. The number of ether oxygens (including phenoxy) is 2. The lowest BCUT2D eigenvalue weighted by Gasteiger charge is -2.17. The van der Waals surface area contributed by atoms with E-state index in [9.17, 15) is 18.0 Å². The molecule has 0 radical (unpaired) electrons. The number of methoxy groups -OCH3 is 2. The molecule has 4 rings (SSSR count). The molecule has 1 fully saturated rings. The van der Waals surface area contributed by atoms with Gasteiger partial charge in [-0.15, -0.1) is 0 Å². The van der Waals surface area contributed by atoms with Crippen LogP contribution in [0.1, 0.15) is 23.8 Å². The molecule has 0 saturated carbocycles. The summed E-state index contributed by atoms with van der Waals surface area (Å²) >= 11 is 0. The number of benzene rings is 2. The number of rotatable bonds is 5. The third-order valence-corrected chi connectivity index (χ3v) is 5.01. The molecule has 0 bridgehead atoms. The van der Waals surface area contributed by atoms with E-state index in [1.807, 2.05) is 0 Å². The minimum Gasteiger partial charge on any atom is -0.497 e. The molecule has 2 aromatic carbocycles. The molecule has 31 heavy (non-hydrogen) atoms. The minimum absolute atomic E-state index is 0.0549. The molecule has 1 atom stereocenters. The molecular formula is C21H18F3N3O4. The van der Waals surface area contributed by atoms with E-state index < -0.39 is 17.7 Å². The van der Waals surface area contributed by atoms with Crippen molar-refractivity contribution < 1.29 is 32.0 Å². The predicted octanol–water partition coefficient (Wildman–Crippen LogP) is 4.29. The highest BCUT2D eigenvalue weighted by molar-refractivity contribution is 5.96. The van der Waals surface area contributed by atoms with Crippen LogP contribution in [0.5, 0.6) is 11.5 Å². The third-order valence-electron chi connectivity index (χ3n) is 5.01. The summed E-state index contributed by atoms with van der Waals surface area (Å²) in [5, 5.41) is 3.98. The van der Waals surface area contributed by atoms with Gasteiger partial charge in [0.1, 0.15) is 11.5 Å². The van der Waals surface area contributed by atoms with Gasteiger partial charge in [0.2, 0.25) is 17.6 Å². The van der Waals surface area contributed by atoms with Gasteiger partial charge in [-0.3, -0.25) is 4.79 Å². The standard InChI is InChI=1S/C21H18F3N3O4/c1-29-16-6-12(7-17(10-16)30-2)19-25-20(31-26-19)13-8-18(28)27(11-13)15-5-3-4-14(9-15)21(22,23)24/h3-7,9-10,13H,8,11H2,1-2H3. The van der Waals surface area contributed by atoms with Gasteiger partial charge in [-0.25, -0.2) is 0 Å². The molecule has 0 spiro atoms. The molecule has 162 valence electrons. The second-order valence-corrected chi connectivity index (χ2v) is 7.01. The van der Waals surface area contributed by atoms with E-state index in [4.69, 9.17) is 14.0 Å². The van der Waals surface area contributed by atoms with Crippen molar-refractivity contribution in [3.8, 4) is 22.9 Å². The van der Waals surface area contributed by atoms with E-state index in [2.05, 4.69) is 10.1 Å². The van der Waals surface area contributed by atoms with Gasteiger partial charge in [-0.1, -0.05) is 11.2 Å². The van der Waals surface area contributed by atoms with Crippen LogP contribution in [0.3, 0.4) is 0 Å². The van der Waals surface area contributed by atoms with Crippen molar-refractivity contribution in [1.29, 1.82) is 0 Å². The number of hydrogen-bond acceptors (Lipinski definition) is 6. The Morgan fingerprint density at radius 2 is 1.81 bits per heavy atom. The van der Waals surface area contributed by atoms with Crippen LogP contribution in [0.4, 0.5) is 18.9 Å². The number of amides is 1. The summed E-state index contributed by atoms with van der Waals surface area (Å²) in [5.74, 6) is 0.875. The molecule has 7 nitrogen and oxygen atoms in total. The van der Waals surface area contributed by atoms with Crippen molar-refractivity contribution in [2.24, 2.45) is 0 Å². The highest BCUT2D eigenvalue weighted by Gasteiger charge is 2.37. The molecule has 0 aliphatic carbocycles. The van der Waals surface area contributed by atoms with Crippen LogP contribution in [0.2, 0.25) is 0 Å². The van der Waals surface area contributed by atoms with Crippen molar-refractivity contribution in [3.63, 3.8) is 0 Å². The Morgan fingerprint density at radius 3 is 2.45 bits per heavy atom. The number of carbonyl (C=O) groups is 1. The molecule has 1 aromatic heterocycles. The lowest BCUT2D eigenvalue weighted by Crippen LogP contribution is -2.24. The van der Waals surface area contributed by atoms with E-state index in [-0.39, 0.29) is 36.3 Å². The van der Waals surface area contributed by atoms with E-state index in [0.29, 0.717) is 17.1 Å². The first-order valence-electron chi connectivity index (χ1n) is 9.33. The lowest BCUT2D eigenvalue weighted by atomic mass is 10.1. The number of hydrogen-bond donors (Lipinski definition) is 0. The van der Waals surface area contributed by atoms with E-state index in [1.54, 1.807) is 18.2 Å². The van der Waals surface area contributed by atoms with Gasteiger partial charge < -0.3 is 18.9 Å². The molecule has 1 aliphatic rings. The average molecular weight is 433 g/mol. The van der Waals surface area contributed by atoms with Gasteiger partial charge in [0.15, 0.2) is 0 Å². The predicted molar refractivity (Wildman–Crippen MR) is 104 cm³/mol. The molecule has 10 heteroatoms. The molecule has 2 heterocycles. The summed E-state index contributed by atoms with van der Waals surface area (Å²) in [6.45, 7) is 0.142. The summed E-state index contributed by atoms with van der Waals surface area (Å²) in [7, 11) is 3.04. The van der Waals surface area contributed by atoms with Crippen LogP contribution in [0.15, 0.2) is 47.0 Å². The molecule has 1 saturated heterocycles. The smallest absolute Gasteiger partial charge is 0.416 e. The van der Waals surface area contributed by atoms with Gasteiger partial charge in [0.05, 0.1) is 25.7 Å². The summed E-state index contributed by atoms with van der Waals surface area (Å²) in [5.41, 5.74) is -0.0295. The van der Waals surface area contributed by atoms with Gasteiger partial charge in [-0.2, -0.15) is 18.2 Å². The number of halogens is 3. The first-order valence-corrected chi connectivity index (χ1v) is 9.33. The van der Waals surface area contributed by atoms with Crippen LogP contribution >= 0.6 is 0 Å². The molecule has 3 aromatic rings. The highest BCUT2D eigenvalue weighted by atomic mass is 19.4. The zero-order valence-electron chi connectivity index (χ0n) is 16.6. The first kappa shape index (κ1) is 20.7. The van der Waals surface area contributed by atoms with Crippen LogP contribution in [0, 0.1) is 0 Å². The Labute approximate surface area is 175 Å². The normalized spacial score (nSPS) is 16.6. The number of carbonyl (C=O) groups excluding carboxylic acids is 1. The fourth-order valence-corrected chi connectivity index (χ4v) is 3.43. The van der Waals surface area contributed by atoms with E-state index in [1.165, 1.54) is 31.3 Å². The maximum atomic E-state index is 13.0. The van der Waals surface area contributed by atoms with Gasteiger partial charge in [0.25, 0.3) is 0 Å². The van der Waals surface area contributed by atoms with Crippen molar-refractivity contribution in [1.82, 2.24) is 10.1 Å². The lowest BCUT2D eigenvalue weighted by molar-refractivity contribution is -0.137. The Hall–Kier alpha value is -3.56. The number of anilines is 1. The molecule has 1 unspecified atom stereocenters. The highest BCUT2D eigenvalue weighted by Crippen LogP contribution is 2.36. The maximum Gasteiger partial charge on any atom is 0.416 e. The van der Waals surface area contributed by atoms with Crippen molar-refractivity contribution in [3.05, 3.63) is 53.9 Å². The second-order valence-electron chi connectivity index (χ2n) is 7.01. The molecule has 1 amide bonds. The second kappa shape index (κ2) is 7.93. The minimum atomic E-state index is -4.49. The van der Waals surface area contributed by atoms with E-state index in [0.717, 1.165) is 12.1 Å². The Bertz CT molecular complexity index is 1090. The zero-order valence-corrected chi connectivity index (χ0v) is 16.6. The van der Waals surface area contributed by atoms with Gasteiger partial charge in [-0.05, 0) is 30.3 Å². The summed E-state index contributed by atoms with van der Waals surface area (Å²) in [4.78, 5) is 18.2. The zero-order chi connectivity index (χ0) is 22.2. The number of nitrogens with zero attached hydrogens (tertiary/aromatic N) is 3. The average Bonchev–Trinajstić information content (AvgIpc) is 3.40. The fourth-order valence-electron chi connectivity index (χ4n) is 3.43. The van der Waals surface area contributed by atoms with Crippen molar-refractivity contribution >= 4 is 11.6 Å². The SMILES string of the molecule is COc1cc(OC)cc(-c2noc(C3CC(=O)N(c4cccc(C(F)(F)F)c4)C3)n2)c1. The monoisotopic (exact) mass is 433 g/mol. The van der Waals surface area contributed by atoms with Gasteiger partial charge in [0, 0.05) is 30.3 Å². The van der Waals surface area contributed by atoms with Crippen LogP contribution in [-0.4, -0.2) is 36.8 Å². The van der Waals surface area contributed by atoms with Crippen molar-refractivity contribution in [2.75, 3.05) is 25.7 Å². The first-order chi connectivity index (χ1) is 14.8. The topological polar surface area (TPSA) is 77.7 Å². The van der Waals surface area contributed by atoms with Gasteiger partial charge >= 0.3 is 6.18 Å². The van der Waals surface area contributed by atoms with Crippen LogP contribution < -0.4 is 14.4 Å². The largest absolute Gasteiger partial charge is 0.497 e. The summed E-state index contributed by atoms with van der Waals surface area (Å²) in [6.07, 6.45) is -4.43.